The number of hydrogen-bond donors (Lipinski definition) is 3. The predicted molar refractivity (Wildman–Crippen MR) is 108 cm³/mol. The molecule has 0 heterocycles. The van der Waals surface area contributed by atoms with Gasteiger partial charge in [0.1, 0.15) is 5.69 Å². The Kier molecular flexibility index (Phi) is 8.96. The van der Waals surface area contributed by atoms with Gasteiger partial charge in [-0.05, 0) is 35.4 Å². The Morgan fingerprint density at radius 3 is 2.06 bits per heavy atom. The molecule has 160 valence electrons. The maximum absolute atomic E-state index is 10.5. The molecule has 3 rings (SSSR count). The number of para-hydroxylation sites is 1. The summed E-state index contributed by atoms with van der Waals surface area (Å²) >= 11 is 0. The van der Waals surface area contributed by atoms with E-state index in [0.29, 0.717) is 0 Å². The number of rotatable bonds is 5. The highest BCUT2D eigenvalue weighted by molar-refractivity contribution is 5.94. The van der Waals surface area contributed by atoms with Crippen molar-refractivity contribution >= 4 is 34.7 Å². The second-order valence-corrected chi connectivity index (χ2v) is 5.80. The highest BCUT2D eigenvalue weighted by atomic mass is 16.6. The number of nitro benzene ring substituents is 1. The van der Waals surface area contributed by atoms with Gasteiger partial charge in [0.05, 0.1) is 16.5 Å². The number of carbonyl (C=O) groups excluding carboxylic acids is 1. The lowest BCUT2D eigenvalue weighted by Gasteiger charge is -2.03. The van der Waals surface area contributed by atoms with Gasteiger partial charge in [-0.25, -0.2) is 4.79 Å². The van der Waals surface area contributed by atoms with Crippen molar-refractivity contribution in [2.45, 2.75) is 0 Å². The van der Waals surface area contributed by atoms with Gasteiger partial charge in [-0.3, -0.25) is 10.1 Å². The molecule has 0 unspecified atom stereocenters. The molecule has 31 heavy (non-hydrogen) atoms. The van der Waals surface area contributed by atoms with E-state index in [0.717, 1.165) is 35.3 Å². The normalized spacial score (nSPS) is 9.81. The molecular weight excluding hydrogens is 408 g/mol. The van der Waals surface area contributed by atoms with Crippen molar-refractivity contribution in [3.05, 3.63) is 94.0 Å². The van der Waals surface area contributed by atoms with Gasteiger partial charge in [0.15, 0.2) is 0 Å². The van der Waals surface area contributed by atoms with E-state index >= 15 is 0 Å². The molecule has 0 aliphatic heterocycles. The molecule has 6 N–H and O–H groups in total. The minimum Gasteiger partial charge on any atom is -0.545 e. The highest BCUT2D eigenvalue weighted by Crippen LogP contribution is 2.17. The molecule has 3 aromatic carbocycles. The average molecular weight is 426 g/mol. The number of nitro groups is 1. The van der Waals surface area contributed by atoms with E-state index in [1.54, 1.807) is 0 Å². The van der Waals surface area contributed by atoms with Gasteiger partial charge in [-0.2, -0.15) is 0 Å². The molecule has 0 radical (unpaired) electrons. The molecular formula is C20H18N4O7. The van der Waals surface area contributed by atoms with Crippen LogP contribution in [0.5, 0.6) is 0 Å². The number of nitrogens with one attached hydrogen (secondary N) is 1. The summed E-state index contributed by atoms with van der Waals surface area (Å²) in [5.41, 5.74) is 6.54. The first kappa shape index (κ1) is 24.4. The summed E-state index contributed by atoms with van der Waals surface area (Å²) in [6.45, 7) is 0. The molecule has 0 bridgehead atoms. The lowest BCUT2D eigenvalue weighted by atomic mass is 10.1. The fourth-order valence-electron chi connectivity index (χ4n) is 2.15. The molecule has 0 amide bonds. The second kappa shape index (κ2) is 11.4. The average Bonchev–Trinajstić information content (AvgIpc) is 2.74. The van der Waals surface area contributed by atoms with E-state index in [1.165, 1.54) is 0 Å². The third kappa shape index (κ3) is 7.71. The molecule has 3 aromatic rings. The first-order valence-electron chi connectivity index (χ1n) is 8.37. The maximum Gasteiger partial charge on any atom is 0.335 e. The molecule has 0 spiro atoms. The van der Waals surface area contributed by atoms with Gasteiger partial charge >= 0.3 is 5.97 Å². The topological polar surface area (TPSA) is 204 Å². The van der Waals surface area contributed by atoms with Crippen LogP contribution < -0.4 is 16.0 Å². The third-order valence-electron chi connectivity index (χ3n) is 3.59. The molecule has 0 fully saturated rings. The Balaban J connectivity index is 0.000000300. The summed E-state index contributed by atoms with van der Waals surface area (Å²) in [4.78, 5) is 30.4. The van der Waals surface area contributed by atoms with E-state index in [-0.39, 0.29) is 5.48 Å². The standard InChI is InChI=1S/C12H11N3.C8H5NO6.H2O/c13-10-6-8-12(9-7-10)15-14-11-4-2-1-3-5-11;10-7(11)4-1-5(8(12)13)3-6(2-4)9(14)15;/h1-9H,13H2;1-3H,(H,10,11)(H,12,13);1H2. The number of anilines is 1. The highest BCUT2D eigenvalue weighted by Gasteiger charge is 2.13. The van der Waals surface area contributed by atoms with Crippen molar-refractivity contribution in [3.63, 3.8) is 0 Å². The predicted octanol–water partition coefficient (Wildman–Crippen LogP) is 0.597. The van der Waals surface area contributed by atoms with Crippen molar-refractivity contribution in [3.8, 4) is 0 Å². The smallest absolute Gasteiger partial charge is 0.335 e. The molecule has 11 heteroatoms. The fraction of sp³-hybridized carbons (Fsp3) is 0. The zero-order chi connectivity index (χ0) is 22.1. The number of benzene rings is 3. The van der Waals surface area contributed by atoms with E-state index in [4.69, 9.17) is 10.8 Å². The number of aromatic carboxylic acids is 2. The molecule has 0 aliphatic rings. The van der Waals surface area contributed by atoms with Crippen LogP contribution in [0.1, 0.15) is 20.7 Å². The third-order valence-corrected chi connectivity index (χ3v) is 3.59. The van der Waals surface area contributed by atoms with Crippen LogP contribution >= 0.6 is 0 Å². The number of carboxylic acids is 2. The van der Waals surface area contributed by atoms with E-state index in [2.05, 4.69) is 10.2 Å². The zero-order valence-electron chi connectivity index (χ0n) is 15.9. The number of nitrogens with two attached hydrogens (primary N) is 1. The Bertz CT molecular complexity index is 1010. The van der Waals surface area contributed by atoms with Crippen molar-refractivity contribution in [1.82, 2.24) is 0 Å². The largest absolute Gasteiger partial charge is 0.545 e. The number of carboxylic acid groups (broad SMARTS) is 2. The summed E-state index contributed by atoms with van der Waals surface area (Å²) in [6.07, 6.45) is 0. The van der Waals surface area contributed by atoms with E-state index in [9.17, 15) is 24.8 Å². The van der Waals surface area contributed by atoms with Crippen molar-refractivity contribution in [2.24, 2.45) is 5.11 Å². The summed E-state index contributed by atoms with van der Waals surface area (Å²) in [5.74, 6) is -3.11. The van der Waals surface area contributed by atoms with Crippen LogP contribution in [0, 0.1) is 10.1 Å². The van der Waals surface area contributed by atoms with Crippen molar-refractivity contribution in [2.75, 3.05) is 5.73 Å². The quantitative estimate of drug-likeness (QED) is 0.229. The van der Waals surface area contributed by atoms with Crippen LogP contribution in [0.3, 0.4) is 0 Å². The van der Waals surface area contributed by atoms with Gasteiger partial charge in [-0.15, -0.1) is 0 Å². The lowest BCUT2D eigenvalue weighted by molar-refractivity contribution is -0.433. The SMILES string of the molecule is Nc1ccc([NH+]=Nc2ccccc2)cc1.O.O=C([O-])c1cc(C(=O)O)cc([N+](=O)[O-])c1. The molecule has 0 aliphatic carbocycles. The Morgan fingerprint density at radius 1 is 0.968 bits per heavy atom. The van der Waals surface area contributed by atoms with Crippen molar-refractivity contribution < 1.29 is 35.3 Å². The molecule has 11 nitrogen and oxygen atoms in total. The summed E-state index contributed by atoms with van der Waals surface area (Å²) in [5, 5.41) is 36.5. The summed E-state index contributed by atoms with van der Waals surface area (Å²) < 4.78 is 0. The van der Waals surface area contributed by atoms with E-state index < -0.39 is 33.7 Å². The van der Waals surface area contributed by atoms with Crippen LogP contribution in [0.15, 0.2) is 77.9 Å². The van der Waals surface area contributed by atoms with Gasteiger partial charge in [0, 0.05) is 35.5 Å². The number of hydrogen-bond acceptors (Lipinski definition) is 7. The number of azo groups is 1. The fourth-order valence-corrected chi connectivity index (χ4v) is 2.15. The van der Waals surface area contributed by atoms with Gasteiger partial charge in [0.25, 0.3) is 5.69 Å². The van der Waals surface area contributed by atoms with Crippen LogP contribution in [0.25, 0.3) is 0 Å². The summed E-state index contributed by atoms with van der Waals surface area (Å²) in [6, 6.07) is 19.5. The first-order chi connectivity index (χ1) is 14.3. The monoisotopic (exact) mass is 426 g/mol. The van der Waals surface area contributed by atoms with Crippen LogP contribution in [0.2, 0.25) is 0 Å². The van der Waals surface area contributed by atoms with Crippen LogP contribution in [-0.4, -0.2) is 27.4 Å². The maximum atomic E-state index is 10.5. The first-order valence-corrected chi connectivity index (χ1v) is 8.37. The zero-order valence-corrected chi connectivity index (χ0v) is 15.9. The number of non-ortho nitro benzene ring substituents is 1. The minimum absolute atomic E-state index is 0. The Morgan fingerprint density at radius 2 is 1.55 bits per heavy atom. The van der Waals surface area contributed by atoms with Gasteiger partial charge in [0.2, 0.25) is 5.69 Å². The van der Waals surface area contributed by atoms with Gasteiger partial charge < -0.3 is 26.2 Å². The molecule has 0 atom stereocenters. The van der Waals surface area contributed by atoms with Crippen LogP contribution in [-0.2, 0) is 0 Å². The Labute approximate surface area is 175 Å². The molecule has 0 saturated heterocycles. The molecule has 0 saturated carbocycles. The number of carbonyl (C=O) groups is 2. The summed E-state index contributed by atoms with van der Waals surface area (Å²) in [7, 11) is 0. The Hall–Kier alpha value is -4.64. The van der Waals surface area contributed by atoms with E-state index in [1.807, 2.05) is 54.6 Å². The van der Waals surface area contributed by atoms with Gasteiger partial charge in [-0.1, -0.05) is 23.3 Å². The van der Waals surface area contributed by atoms with Crippen LogP contribution in [0.4, 0.5) is 22.7 Å². The number of nitrogen functional groups attached to an aromatic ring is 1. The number of nitrogens with zero attached hydrogens (tertiary/aromatic N) is 2. The minimum atomic E-state index is -1.67. The van der Waals surface area contributed by atoms with Crippen molar-refractivity contribution in [1.29, 1.82) is 0 Å². The second-order valence-electron chi connectivity index (χ2n) is 5.80. The molecule has 0 aromatic heterocycles. The lowest BCUT2D eigenvalue weighted by Crippen LogP contribution is -2.57.